The number of fused-ring (bicyclic) bond motifs is 5. The van der Waals surface area contributed by atoms with Crippen LogP contribution in [0.3, 0.4) is 0 Å². The molecule has 1 N–H and O–H groups in total. The Morgan fingerprint density at radius 2 is 2.35 bits per heavy atom. The summed E-state index contributed by atoms with van der Waals surface area (Å²) in [6, 6.07) is 8.25. The number of carbonyl (C=O) groups is 1. The van der Waals surface area contributed by atoms with Gasteiger partial charge in [0, 0.05) is 30.4 Å². The first-order chi connectivity index (χ1) is 11.2. The minimum absolute atomic E-state index is 0.176. The van der Waals surface area contributed by atoms with E-state index >= 15 is 0 Å². The van der Waals surface area contributed by atoms with Crippen molar-refractivity contribution in [3.8, 4) is 12.3 Å². The van der Waals surface area contributed by atoms with Crippen molar-refractivity contribution in [1.82, 2.24) is 9.88 Å². The Balaban J connectivity index is 1.92. The number of H-pyrrole nitrogens is 1. The minimum Gasteiger partial charge on any atom is -0.467 e. The molecule has 2 atom stereocenters. The lowest BCUT2D eigenvalue weighted by atomic mass is 9.82. The van der Waals surface area contributed by atoms with Crippen LogP contribution in [0.25, 0.3) is 10.9 Å². The van der Waals surface area contributed by atoms with Crippen LogP contribution in [0.1, 0.15) is 24.1 Å². The third-order valence-electron chi connectivity index (χ3n) is 5.39. The van der Waals surface area contributed by atoms with Gasteiger partial charge in [0.1, 0.15) is 0 Å². The Morgan fingerprint density at radius 1 is 1.52 bits per heavy atom. The van der Waals surface area contributed by atoms with Gasteiger partial charge in [-0.15, -0.1) is 12.3 Å². The van der Waals surface area contributed by atoms with E-state index in [0.29, 0.717) is 12.3 Å². The monoisotopic (exact) mass is 308 g/mol. The van der Waals surface area contributed by atoms with E-state index in [1.807, 2.05) is 12.1 Å². The molecule has 4 heteroatoms. The van der Waals surface area contributed by atoms with E-state index in [1.54, 1.807) is 0 Å². The molecule has 0 spiro atoms. The topological polar surface area (TPSA) is 45.3 Å². The van der Waals surface area contributed by atoms with Crippen LogP contribution in [0.5, 0.6) is 0 Å². The number of esters is 1. The molecule has 1 aromatic carbocycles. The van der Waals surface area contributed by atoms with Crippen LogP contribution in [0.15, 0.2) is 24.3 Å². The molecular formula is C19H20N2O2. The van der Waals surface area contributed by atoms with E-state index in [1.165, 1.54) is 18.1 Å². The summed E-state index contributed by atoms with van der Waals surface area (Å²) in [6.07, 6.45) is 7.88. The first kappa shape index (κ1) is 14.3. The summed E-state index contributed by atoms with van der Waals surface area (Å²) in [7, 11) is 1.47. The van der Waals surface area contributed by atoms with Gasteiger partial charge in [0.2, 0.25) is 0 Å². The number of hydrogen-bond donors (Lipinski definition) is 1. The molecule has 2 aromatic rings. The zero-order valence-corrected chi connectivity index (χ0v) is 13.3. The highest BCUT2D eigenvalue weighted by atomic mass is 16.5. The van der Waals surface area contributed by atoms with Crippen molar-refractivity contribution in [2.24, 2.45) is 5.92 Å². The van der Waals surface area contributed by atoms with Gasteiger partial charge in [-0.1, -0.05) is 18.2 Å². The van der Waals surface area contributed by atoms with Gasteiger partial charge in [-0.2, -0.15) is 0 Å². The molecule has 4 rings (SSSR count). The van der Waals surface area contributed by atoms with Crippen LogP contribution in [0, 0.1) is 18.3 Å². The number of methoxy groups -OCH3 is 1. The fraction of sp³-hybridized carbons (Fsp3) is 0.421. The molecule has 2 aliphatic heterocycles. The maximum atomic E-state index is 12.8. The average Bonchev–Trinajstić information content (AvgIpc) is 3.13. The number of carbonyl (C=O) groups excluding carboxylic acids is 1. The van der Waals surface area contributed by atoms with E-state index in [2.05, 4.69) is 27.9 Å². The van der Waals surface area contributed by atoms with Gasteiger partial charge >= 0.3 is 5.97 Å². The van der Waals surface area contributed by atoms with Crippen molar-refractivity contribution in [3.63, 3.8) is 0 Å². The summed E-state index contributed by atoms with van der Waals surface area (Å²) in [5.74, 6) is 2.91. The van der Waals surface area contributed by atoms with Crippen LogP contribution in [-0.2, 0) is 21.5 Å². The first-order valence-electron chi connectivity index (χ1n) is 8.07. The molecule has 1 saturated heterocycles. The number of hydrogen-bond acceptors (Lipinski definition) is 3. The van der Waals surface area contributed by atoms with E-state index in [9.17, 15) is 4.79 Å². The molecule has 3 heterocycles. The lowest BCUT2D eigenvalue weighted by Crippen LogP contribution is -2.52. The molecule has 0 amide bonds. The fourth-order valence-corrected chi connectivity index (χ4v) is 4.47. The SMILES string of the molecule is C#CC[C@@H]1CN2CCc3c([nH]c4ccccc34)[C@@]2(C(=O)OC)C1. The van der Waals surface area contributed by atoms with E-state index in [-0.39, 0.29) is 5.97 Å². The second-order valence-electron chi connectivity index (χ2n) is 6.55. The quantitative estimate of drug-likeness (QED) is 0.684. The average molecular weight is 308 g/mol. The molecule has 0 unspecified atom stereocenters. The van der Waals surface area contributed by atoms with Gasteiger partial charge in [0.15, 0.2) is 5.54 Å². The van der Waals surface area contributed by atoms with Crippen LogP contribution in [-0.4, -0.2) is 36.1 Å². The largest absolute Gasteiger partial charge is 0.467 e. The summed E-state index contributed by atoms with van der Waals surface area (Å²) in [6.45, 7) is 1.72. The van der Waals surface area contributed by atoms with Crippen molar-refractivity contribution in [2.45, 2.75) is 24.8 Å². The molecule has 0 saturated carbocycles. The van der Waals surface area contributed by atoms with Crippen LogP contribution in [0.2, 0.25) is 0 Å². The highest BCUT2D eigenvalue weighted by Gasteiger charge is 2.56. The molecular weight excluding hydrogens is 288 g/mol. The zero-order valence-electron chi connectivity index (χ0n) is 13.3. The molecule has 0 aliphatic carbocycles. The molecule has 4 nitrogen and oxygen atoms in total. The van der Waals surface area contributed by atoms with Crippen LogP contribution < -0.4 is 0 Å². The highest BCUT2D eigenvalue weighted by Crippen LogP contribution is 2.48. The standard InChI is InChI=1S/C19H20N2O2/c1-3-6-13-11-19(18(22)23-2)17-15(9-10-21(19)12-13)14-7-4-5-8-16(14)20-17/h1,4-5,7-8,13,20H,6,9-12H2,2H3/t13-,19+/m0/s1. The zero-order chi connectivity index (χ0) is 16.0. The lowest BCUT2D eigenvalue weighted by Gasteiger charge is -2.39. The molecule has 1 aromatic heterocycles. The van der Waals surface area contributed by atoms with Crippen molar-refractivity contribution in [1.29, 1.82) is 0 Å². The maximum Gasteiger partial charge on any atom is 0.332 e. The molecule has 0 radical (unpaired) electrons. The maximum absolute atomic E-state index is 12.8. The summed E-state index contributed by atoms with van der Waals surface area (Å²) in [5, 5.41) is 1.21. The van der Waals surface area contributed by atoms with E-state index in [0.717, 1.165) is 37.1 Å². The van der Waals surface area contributed by atoms with Gasteiger partial charge in [0.25, 0.3) is 0 Å². The van der Waals surface area contributed by atoms with Crippen molar-refractivity contribution in [2.75, 3.05) is 20.2 Å². The van der Waals surface area contributed by atoms with Gasteiger partial charge in [-0.05, 0) is 30.4 Å². The number of ether oxygens (including phenoxy) is 1. The Labute approximate surface area is 135 Å². The van der Waals surface area contributed by atoms with Crippen LogP contribution >= 0.6 is 0 Å². The van der Waals surface area contributed by atoms with Crippen LogP contribution in [0.4, 0.5) is 0 Å². The number of nitrogens with zero attached hydrogens (tertiary/aromatic N) is 1. The molecule has 1 fully saturated rings. The van der Waals surface area contributed by atoms with Crippen molar-refractivity contribution >= 4 is 16.9 Å². The smallest absolute Gasteiger partial charge is 0.332 e. The lowest BCUT2D eigenvalue weighted by molar-refractivity contribution is -0.155. The molecule has 0 bridgehead atoms. The normalized spacial score (nSPS) is 26.5. The molecule has 118 valence electrons. The van der Waals surface area contributed by atoms with Gasteiger partial charge in [0.05, 0.1) is 12.8 Å². The number of benzene rings is 1. The second kappa shape index (κ2) is 5.14. The number of rotatable bonds is 2. The van der Waals surface area contributed by atoms with E-state index < -0.39 is 5.54 Å². The Hall–Kier alpha value is -2.25. The number of terminal acetylenes is 1. The second-order valence-corrected chi connectivity index (χ2v) is 6.55. The summed E-state index contributed by atoms with van der Waals surface area (Å²) in [4.78, 5) is 18.6. The van der Waals surface area contributed by atoms with Crippen molar-refractivity contribution < 1.29 is 9.53 Å². The first-order valence-corrected chi connectivity index (χ1v) is 8.07. The van der Waals surface area contributed by atoms with Crippen molar-refractivity contribution in [3.05, 3.63) is 35.5 Å². The number of nitrogens with one attached hydrogen (secondary N) is 1. The predicted molar refractivity (Wildman–Crippen MR) is 88.8 cm³/mol. The predicted octanol–water partition coefficient (Wildman–Crippen LogP) is 2.44. The number of para-hydroxylation sites is 1. The summed E-state index contributed by atoms with van der Waals surface area (Å²) >= 11 is 0. The molecule has 23 heavy (non-hydrogen) atoms. The third kappa shape index (κ3) is 1.87. The Kier molecular flexibility index (Phi) is 3.21. The van der Waals surface area contributed by atoms with Gasteiger partial charge < -0.3 is 9.72 Å². The summed E-state index contributed by atoms with van der Waals surface area (Å²) in [5.41, 5.74) is 2.64. The number of aromatic nitrogens is 1. The minimum atomic E-state index is -0.705. The third-order valence-corrected chi connectivity index (χ3v) is 5.39. The summed E-state index contributed by atoms with van der Waals surface area (Å²) < 4.78 is 5.22. The Morgan fingerprint density at radius 3 is 3.13 bits per heavy atom. The Bertz CT molecular complexity index is 816. The van der Waals surface area contributed by atoms with E-state index in [4.69, 9.17) is 11.2 Å². The fourth-order valence-electron chi connectivity index (χ4n) is 4.47. The molecule has 2 aliphatic rings. The van der Waals surface area contributed by atoms with Gasteiger partial charge in [-0.25, -0.2) is 4.79 Å². The van der Waals surface area contributed by atoms with Gasteiger partial charge in [-0.3, -0.25) is 4.90 Å². The number of aromatic amines is 1. The highest BCUT2D eigenvalue weighted by molar-refractivity contribution is 5.91.